The van der Waals surface area contributed by atoms with Crippen LogP contribution in [0.4, 0.5) is 0 Å². The van der Waals surface area contributed by atoms with Crippen LogP contribution in [0.2, 0.25) is 0 Å². The number of rotatable bonds is 5. The Morgan fingerprint density at radius 2 is 0.893 bits per heavy atom. The first-order chi connectivity index (χ1) is 27.8. The van der Waals surface area contributed by atoms with Gasteiger partial charge in [0, 0.05) is 11.1 Å². The van der Waals surface area contributed by atoms with Crippen LogP contribution in [0.5, 0.6) is 0 Å². The molecule has 0 bridgehead atoms. The summed E-state index contributed by atoms with van der Waals surface area (Å²) in [6.45, 7) is 0. The van der Waals surface area contributed by atoms with Crippen molar-refractivity contribution in [2.24, 2.45) is 9.98 Å². The lowest BCUT2D eigenvalue weighted by Crippen LogP contribution is -2.34. The molecule has 1 aliphatic rings. The van der Waals surface area contributed by atoms with E-state index in [0.717, 1.165) is 28.1 Å². The molecule has 0 saturated heterocycles. The summed E-state index contributed by atoms with van der Waals surface area (Å²) >= 11 is 0. The van der Waals surface area contributed by atoms with Crippen molar-refractivity contribution in [1.29, 1.82) is 0 Å². The maximum atomic E-state index is 5.27. The minimum atomic E-state index is -0.337. The van der Waals surface area contributed by atoms with Gasteiger partial charge in [-0.05, 0) is 87.7 Å². The Morgan fingerprint density at radius 1 is 0.357 bits per heavy atom. The highest BCUT2D eigenvalue weighted by molar-refractivity contribution is 6.33. The lowest BCUT2D eigenvalue weighted by molar-refractivity contribution is 0.674. The Kier molecular flexibility index (Phi) is 7.56. The number of benzene rings is 10. The molecule has 0 radical (unpaired) electrons. The molecular weight excluding hydrogens is 679 g/mol. The first kappa shape index (κ1) is 32.1. The van der Waals surface area contributed by atoms with E-state index < -0.39 is 0 Å². The summed E-state index contributed by atoms with van der Waals surface area (Å²) in [5.41, 5.74) is 7.78. The van der Waals surface area contributed by atoms with Gasteiger partial charge >= 0.3 is 0 Å². The average molecular weight is 714 g/mol. The monoisotopic (exact) mass is 713 g/mol. The minimum Gasteiger partial charge on any atom is -0.344 e. The van der Waals surface area contributed by atoms with E-state index in [1.807, 2.05) is 18.2 Å². The fourth-order valence-electron chi connectivity index (χ4n) is 8.71. The Labute approximate surface area is 324 Å². The van der Waals surface area contributed by atoms with Gasteiger partial charge in [0.15, 0.2) is 5.84 Å². The Bertz CT molecular complexity index is 3210. The molecule has 0 aromatic heterocycles. The molecule has 3 heteroatoms. The van der Waals surface area contributed by atoms with Crippen LogP contribution < -0.4 is 5.32 Å². The summed E-state index contributed by atoms with van der Waals surface area (Å²) in [4.78, 5) is 10.5. The third-order valence-corrected chi connectivity index (χ3v) is 11.3. The van der Waals surface area contributed by atoms with E-state index in [1.54, 1.807) is 0 Å². The molecule has 10 aromatic rings. The third-order valence-electron chi connectivity index (χ3n) is 11.3. The molecule has 262 valence electrons. The zero-order valence-corrected chi connectivity index (χ0v) is 30.5. The standard InChI is InChI=1S/C53H35N3/c1-2-16-36(17-3-1)51-54-52(37-31-29-35(30-32-37)39-28-14-18-34-15-4-5-19-38(34)39)56-53(55-51)47-27-13-10-24-44(47)48-33-49-42-22-7-6-20-40(42)41-21-8-11-25-45(41)50(49)46-26-12-9-23-43(46)48/h1-33,52H,(H,54,55,56). The normalized spacial score (nSPS) is 14.2. The van der Waals surface area contributed by atoms with Crippen LogP contribution in [0.1, 0.15) is 22.9 Å². The highest BCUT2D eigenvalue weighted by atomic mass is 15.2. The zero-order chi connectivity index (χ0) is 37.0. The van der Waals surface area contributed by atoms with Gasteiger partial charge in [0.1, 0.15) is 12.0 Å². The molecule has 0 fully saturated rings. The fourth-order valence-corrected chi connectivity index (χ4v) is 8.71. The van der Waals surface area contributed by atoms with Crippen molar-refractivity contribution in [3.63, 3.8) is 0 Å². The summed E-state index contributed by atoms with van der Waals surface area (Å²) in [5, 5.41) is 16.3. The van der Waals surface area contributed by atoms with Crippen molar-refractivity contribution in [3.05, 3.63) is 217 Å². The highest BCUT2D eigenvalue weighted by Crippen LogP contribution is 2.43. The van der Waals surface area contributed by atoms with Crippen LogP contribution in [-0.4, -0.2) is 11.7 Å². The van der Waals surface area contributed by atoms with Gasteiger partial charge in [-0.15, -0.1) is 0 Å². The largest absolute Gasteiger partial charge is 0.344 e. The van der Waals surface area contributed by atoms with Crippen molar-refractivity contribution in [1.82, 2.24) is 5.32 Å². The summed E-state index contributed by atoms with van der Waals surface area (Å²) < 4.78 is 0. The van der Waals surface area contributed by atoms with Crippen LogP contribution in [0.15, 0.2) is 210 Å². The van der Waals surface area contributed by atoms with Gasteiger partial charge in [0.2, 0.25) is 0 Å². The van der Waals surface area contributed by atoms with Crippen molar-refractivity contribution in [2.75, 3.05) is 0 Å². The second-order valence-electron chi connectivity index (χ2n) is 14.5. The second kappa shape index (κ2) is 13.2. The van der Waals surface area contributed by atoms with Crippen molar-refractivity contribution >= 4 is 65.5 Å². The molecule has 0 saturated carbocycles. The van der Waals surface area contributed by atoms with Gasteiger partial charge in [-0.3, -0.25) is 0 Å². The predicted molar refractivity (Wildman–Crippen MR) is 237 cm³/mol. The van der Waals surface area contributed by atoms with Crippen LogP contribution in [0, 0.1) is 0 Å². The van der Waals surface area contributed by atoms with E-state index >= 15 is 0 Å². The molecule has 1 N–H and O–H groups in total. The van der Waals surface area contributed by atoms with E-state index in [1.165, 1.54) is 70.6 Å². The van der Waals surface area contributed by atoms with Gasteiger partial charge in [-0.25, -0.2) is 9.98 Å². The van der Waals surface area contributed by atoms with E-state index in [9.17, 15) is 0 Å². The molecule has 0 amide bonds. The van der Waals surface area contributed by atoms with Crippen LogP contribution >= 0.6 is 0 Å². The average Bonchev–Trinajstić information content (AvgIpc) is 3.28. The van der Waals surface area contributed by atoms with Gasteiger partial charge in [-0.2, -0.15) is 0 Å². The van der Waals surface area contributed by atoms with Crippen molar-refractivity contribution in [3.8, 4) is 22.3 Å². The maximum absolute atomic E-state index is 5.27. The lowest BCUT2D eigenvalue weighted by Gasteiger charge is -2.25. The fraction of sp³-hybridized carbons (Fsp3) is 0.0189. The van der Waals surface area contributed by atoms with E-state index in [2.05, 4.69) is 187 Å². The molecule has 0 aliphatic carbocycles. The number of nitrogens with zero attached hydrogens (tertiary/aromatic N) is 2. The molecule has 1 unspecified atom stereocenters. The lowest BCUT2D eigenvalue weighted by atomic mass is 9.86. The molecule has 0 spiro atoms. The number of hydrogen-bond acceptors (Lipinski definition) is 3. The van der Waals surface area contributed by atoms with Crippen LogP contribution in [0.3, 0.4) is 0 Å². The Hall–Kier alpha value is -7.36. The van der Waals surface area contributed by atoms with Gasteiger partial charge < -0.3 is 5.32 Å². The minimum absolute atomic E-state index is 0.337. The molecule has 1 atom stereocenters. The molecule has 3 nitrogen and oxygen atoms in total. The number of aliphatic imine (C=N–C) groups is 2. The van der Waals surface area contributed by atoms with Gasteiger partial charge in [0.25, 0.3) is 0 Å². The van der Waals surface area contributed by atoms with Crippen molar-refractivity contribution < 1.29 is 0 Å². The maximum Gasteiger partial charge on any atom is 0.159 e. The predicted octanol–water partition coefficient (Wildman–Crippen LogP) is 13.3. The number of hydrogen-bond donors (Lipinski definition) is 1. The summed E-state index contributed by atoms with van der Waals surface area (Å²) in [6.07, 6.45) is -0.337. The van der Waals surface area contributed by atoms with E-state index in [0.29, 0.717) is 5.84 Å². The van der Waals surface area contributed by atoms with E-state index in [-0.39, 0.29) is 6.17 Å². The molecule has 1 aliphatic heterocycles. The highest BCUT2D eigenvalue weighted by Gasteiger charge is 2.24. The Balaban J connectivity index is 1.08. The second-order valence-corrected chi connectivity index (χ2v) is 14.5. The topological polar surface area (TPSA) is 36.8 Å². The van der Waals surface area contributed by atoms with Gasteiger partial charge in [-0.1, -0.05) is 194 Å². The SMILES string of the molecule is c1ccc(C2=NC(c3ccc(-c4cccc5ccccc45)cc3)NC(c3ccccc3-c3cc4c5ccccc5c5ccccc5c4c4ccccc34)=N2)cc1. The number of amidine groups is 2. The molecule has 56 heavy (non-hydrogen) atoms. The molecular formula is C53H35N3. The van der Waals surface area contributed by atoms with Crippen LogP contribution in [0.25, 0.3) is 76.1 Å². The summed E-state index contributed by atoms with van der Waals surface area (Å²) in [5.74, 6) is 1.50. The van der Waals surface area contributed by atoms with Crippen LogP contribution in [-0.2, 0) is 0 Å². The van der Waals surface area contributed by atoms with Crippen molar-refractivity contribution in [2.45, 2.75) is 6.17 Å². The summed E-state index contributed by atoms with van der Waals surface area (Å²) in [7, 11) is 0. The summed E-state index contributed by atoms with van der Waals surface area (Å²) in [6, 6.07) is 71.7. The first-order valence-electron chi connectivity index (χ1n) is 19.2. The number of nitrogens with one attached hydrogen (secondary N) is 1. The third kappa shape index (κ3) is 5.28. The smallest absolute Gasteiger partial charge is 0.159 e. The molecule has 10 aromatic carbocycles. The van der Waals surface area contributed by atoms with Gasteiger partial charge in [0.05, 0.1) is 0 Å². The molecule has 11 rings (SSSR count). The Morgan fingerprint density at radius 3 is 1.64 bits per heavy atom. The molecule has 1 heterocycles. The number of fused-ring (bicyclic) bond motifs is 9. The zero-order valence-electron chi connectivity index (χ0n) is 30.5. The first-order valence-corrected chi connectivity index (χ1v) is 19.2. The van der Waals surface area contributed by atoms with E-state index in [4.69, 9.17) is 9.98 Å². The quantitative estimate of drug-likeness (QED) is 0.177.